The summed E-state index contributed by atoms with van der Waals surface area (Å²) in [7, 11) is 0. The fourth-order valence-electron chi connectivity index (χ4n) is 0.822. The summed E-state index contributed by atoms with van der Waals surface area (Å²) in [5, 5.41) is 0. The Morgan fingerprint density at radius 1 is 1.19 bits per heavy atom. The van der Waals surface area contributed by atoms with Gasteiger partial charge in [0.25, 0.3) is 0 Å². The van der Waals surface area contributed by atoms with E-state index in [0.29, 0.717) is 5.78 Å². The normalized spacial score (nSPS) is 10.1. The van der Waals surface area contributed by atoms with Crippen molar-refractivity contribution in [1.29, 1.82) is 0 Å². The summed E-state index contributed by atoms with van der Waals surface area (Å²) >= 11 is 0. The molecule has 0 fully saturated rings. The number of hydrogen-bond donors (Lipinski definition) is 0. The van der Waals surface area contributed by atoms with Crippen LogP contribution in [0.25, 0.3) is 0 Å². The van der Waals surface area contributed by atoms with Gasteiger partial charge in [0, 0.05) is 5.92 Å². The van der Waals surface area contributed by atoms with Gasteiger partial charge in [0.15, 0.2) is 0 Å². The molecule has 0 amide bonds. The molecule has 0 heterocycles. The van der Waals surface area contributed by atoms with Crippen molar-refractivity contribution in [2.45, 2.75) is 48.0 Å². The third-order valence-corrected chi connectivity index (χ3v) is 2.25. The zero-order valence-electron chi connectivity index (χ0n) is 11.6. The summed E-state index contributed by atoms with van der Waals surface area (Å²) in [6, 6.07) is 10.3. The van der Waals surface area contributed by atoms with Crippen molar-refractivity contribution >= 4 is 5.78 Å². The molecule has 1 aromatic carbocycles. The highest BCUT2D eigenvalue weighted by molar-refractivity contribution is 5.77. The lowest BCUT2D eigenvalue weighted by atomic mass is 10.1. The first-order valence-corrected chi connectivity index (χ1v) is 6.10. The Labute approximate surface area is 101 Å². The monoisotopic (exact) mass is 222 g/mol. The van der Waals surface area contributed by atoms with Crippen LogP contribution in [0.4, 0.5) is 0 Å². The van der Waals surface area contributed by atoms with E-state index in [1.165, 1.54) is 5.56 Å². The Bertz CT molecular complexity index is 251. The molecule has 0 aliphatic carbocycles. The van der Waals surface area contributed by atoms with E-state index in [4.69, 9.17) is 0 Å². The number of aryl methyl sites for hydroxylation is 1. The van der Waals surface area contributed by atoms with Crippen LogP contribution in [-0.4, -0.2) is 5.78 Å². The first-order valence-electron chi connectivity index (χ1n) is 6.10. The molecular formula is C15H26O. The molecule has 0 N–H and O–H groups in total. The van der Waals surface area contributed by atoms with Gasteiger partial charge in [0.2, 0.25) is 0 Å². The van der Waals surface area contributed by atoms with E-state index in [-0.39, 0.29) is 5.92 Å². The minimum atomic E-state index is 0.264. The second kappa shape index (κ2) is 12.0. The van der Waals surface area contributed by atoms with Crippen molar-refractivity contribution < 1.29 is 4.79 Å². The van der Waals surface area contributed by atoms with Gasteiger partial charge >= 0.3 is 0 Å². The van der Waals surface area contributed by atoms with E-state index in [1.807, 2.05) is 45.9 Å². The smallest absolute Gasteiger partial charge is 0.132 e. The van der Waals surface area contributed by atoms with Gasteiger partial charge in [-0.2, -0.15) is 0 Å². The number of carbonyl (C=O) groups is 1. The van der Waals surface area contributed by atoms with E-state index in [9.17, 15) is 4.79 Å². The van der Waals surface area contributed by atoms with Gasteiger partial charge in [0.1, 0.15) is 5.78 Å². The van der Waals surface area contributed by atoms with E-state index in [1.54, 1.807) is 6.92 Å². The minimum Gasteiger partial charge on any atom is -0.300 e. The maximum atomic E-state index is 10.4. The van der Waals surface area contributed by atoms with Crippen molar-refractivity contribution in [3.63, 3.8) is 0 Å². The molecule has 92 valence electrons. The van der Waals surface area contributed by atoms with Gasteiger partial charge in [-0.05, 0) is 20.3 Å². The van der Waals surface area contributed by atoms with Crippen LogP contribution >= 0.6 is 0 Å². The van der Waals surface area contributed by atoms with Crippen LogP contribution in [0.3, 0.4) is 0 Å². The quantitative estimate of drug-likeness (QED) is 0.712. The largest absolute Gasteiger partial charge is 0.300 e. The van der Waals surface area contributed by atoms with E-state index >= 15 is 0 Å². The van der Waals surface area contributed by atoms with Crippen LogP contribution in [0.5, 0.6) is 0 Å². The fourth-order valence-corrected chi connectivity index (χ4v) is 0.822. The number of rotatable bonds is 2. The predicted molar refractivity (Wildman–Crippen MR) is 72.7 cm³/mol. The van der Waals surface area contributed by atoms with E-state index in [2.05, 4.69) is 19.1 Å². The maximum Gasteiger partial charge on any atom is 0.132 e. The second-order valence-corrected chi connectivity index (χ2v) is 3.57. The first-order chi connectivity index (χ1) is 7.57. The Hall–Kier alpha value is -1.11. The SMILES string of the molecule is CC.CCC(C)C(C)=O.Cc1ccccc1. The zero-order chi connectivity index (χ0) is 13.0. The Balaban J connectivity index is 0. The highest BCUT2D eigenvalue weighted by Crippen LogP contribution is 1.99. The molecule has 1 rings (SSSR count). The fraction of sp³-hybridized carbons (Fsp3) is 0.533. The lowest BCUT2D eigenvalue weighted by Crippen LogP contribution is -2.03. The zero-order valence-corrected chi connectivity index (χ0v) is 11.6. The molecule has 1 unspecified atom stereocenters. The summed E-state index contributed by atoms with van der Waals surface area (Å²) in [6.07, 6.45) is 0.968. The molecular weight excluding hydrogens is 196 g/mol. The Morgan fingerprint density at radius 2 is 1.62 bits per heavy atom. The van der Waals surface area contributed by atoms with Crippen LogP contribution in [0.2, 0.25) is 0 Å². The van der Waals surface area contributed by atoms with Gasteiger partial charge in [-0.25, -0.2) is 0 Å². The average molecular weight is 222 g/mol. The lowest BCUT2D eigenvalue weighted by molar-refractivity contribution is -0.120. The molecule has 0 aliphatic heterocycles. The Morgan fingerprint density at radius 3 is 1.75 bits per heavy atom. The number of ketones is 1. The standard InChI is InChI=1S/C7H8.C6H12O.C2H6/c1-7-5-3-2-4-6-7;1-4-5(2)6(3)7;1-2/h2-6H,1H3;5H,4H2,1-3H3;1-2H3. The van der Waals surface area contributed by atoms with Crippen molar-refractivity contribution in [3.8, 4) is 0 Å². The summed E-state index contributed by atoms with van der Waals surface area (Å²) in [6.45, 7) is 11.7. The molecule has 16 heavy (non-hydrogen) atoms. The number of benzene rings is 1. The predicted octanol–water partition coefficient (Wildman–Crippen LogP) is 4.64. The van der Waals surface area contributed by atoms with Gasteiger partial charge in [-0.3, -0.25) is 4.79 Å². The molecule has 1 aromatic rings. The molecule has 0 saturated heterocycles. The third-order valence-electron chi connectivity index (χ3n) is 2.25. The van der Waals surface area contributed by atoms with Crippen LogP contribution < -0.4 is 0 Å². The molecule has 0 radical (unpaired) electrons. The first kappa shape index (κ1) is 17.3. The molecule has 1 heteroatoms. The number of Topliss-reactive ketones (excluding diaryl/α,β-unsaturated/α-hetero) is 1. The number of hydrogen-bond acceptors (Lipinski definition) is 1. The second-order valence-electron chi connectivity index (χ2n) is 3.57. The average Bonchev–Trinajstić information content (AvgIpc) is 2.32. The maximum absolute atomic E-state index is 10.4. The Kier molecular flexibility index (Phi) is 12.9. The van der Waals surface area contributed by atoms with Crippen LogP contribution in [-0.2, 0) is 4.79 Å². The lowest BCUT2D eigenvalue weighted by Gasteiger charge is -1.98. The van der Waals surface area contributed by atoms with Gasteiger partial charge < -0.3 is 0 Å². The van der Waals surface area contributed by atoms with E-state index < -0.39 is 0 Å². The summed E-state index contributed by atoms with van der Waals surface area (Å²) in [5.74, 6) is 0.558. The summed E-state index contributed by atoms with van der Waals surface area (Å²) < 4.78 is 0. The van der Waals surface area contributed by atoms with Crippen molar-refractivity contribution in [2.75, 3.05) is 0 Å². The summed E-state index contributed by atoms with van der Waals surface area (Å²) in [5.41, 5.74) is 1.32. The van der Waals surface area contributed by atoms with Crippen molar-refractivity contribution in [1.82, 2.24) is 0 Å². The van der Waals surface area contributed by atoms with Gasteiger partial charge in [0.05, 0.1) is 0 Å². The summed E-state index contributed by atoms with van der Waals surface area (Å²) in [4.78, 5) is 10.4. The van der Waals surface area contributed by atoms with Crippen molar-refractivity contribution in [2.24, 2.45) is 5.92 Å². The third kappa shape index (κ3) is 11.0. The van der Waals surface area contributed by atoms with Gasteiger partial charge in [-0.15, -0.1) is 0 Å². The van der Waals surface area contributed by atoms with Crippen molar-refractivity contribution in [3.05, 3.63) is 35.9 Å². The molecule has 0 aliphatic rings. The highest BCUT2D eigenvalue weighted by Gasteiger charge is 2.01. The molecule has 0 saturated carbocycles. The molecule has 0 spiro atoms. The van der Waals surface area contributed by atoms with Crippen LogP contribution in [0, 0.1) is 12.8 Å². The molecule has 0 aromatic heterocycles. The van der Waals surface area contributed by atoms with E-state index in [0.717, 1.165) is 6.42 Å². The highest BCUT2D eigenvalue weighted by atomic mass is 16.1. The minimum absolute atomic E-state index is 0.264. The molecule has 1 nitrogen and oxygen atoms in total. The topological polar surface area (TPSA) is 17.1 Å². The molecule has 0 bridgehead atoms. The van der Waals surface area contributed by atoms with Crippen LogP contribution in [0.1, 0.15) is 46.6 Å². The van der Waals surface area contributed by atoms with Gasteiger partial charge in [-0.1, -0.05) is 63.6 Å². The van der Waals surface area contributed by atoms with Crippen LogP contribution in [0.15, 0.2) is 30.3 Å². The number of carbonyl (C=O) groups excluding carboxylic acids is 1. The molecule has 1 atom stereocenters.